The Bertz CT molecular complexity index is 539. The van der Waals surface area contributed by atoms with Gasteiger partial charge in [-0.1, -0.05) is 6.42 Å². The first-order chi connectivity index (χ1) is 14.1. The molecule has 2 saturated heterocycles. The van der Waals surface area contributed by atoms with Crippen molar-refractivity contribution in [3.8, 4) is 0 Å². The van der Waals surface area contributed by atoms with Gasteiger partial charge in [0.05, 0.1) is 5.92 Å². The summed E-state index contributed by atoms with van der Waals surface area (Å²) in [5.41, 5.74) is 5.45. The number of nitrogens with zero attached hydrogens (tertiary/aromatic N) is 3. The highest BCUT2D eigenvalue weighted by Crippen LogP contribution is 2.15. The maximum atomic E-state index is 12.0. The molecule has 0 aliphatic carbocycles. The lowest BCUT2D eigenvalue weighted by Gasteiger charge is -2.31. The number of nitrogens with one attached hydrogen (secondary N) is 2. The highest BCUT2D eigenvalue weighted by atomic mass is 16.2. The van der Waals surface area contributed by atoms with Gasteiger partial charge < -0.3 is 26.2 Å². The number of hydrogen-bond acceptors (Lipinski definition) is 4. The number of nitrogens with two attached hydrogens (primary N) is 1. The fourth-order valence-corrected chi connectivity index (χ4v) is 4.07. The quantitative estimate of drug-likeness (QED) is 0.283. The van der Waals surface area contributed by atoms with Crippen LogP contribution in [0.1, 0.15) is 58.3 Å². The molecule has 1 atom stereocenters. The minimum atomic E-state index is -0.170. The third kappa shape index (κ3) is 9.02. The number of rotatable bonds is 10. The van der Waals surface area contributed by atoms with Crippen LogP contribution in [0, 0.1) is 5.92 Å². The van der Waals surface area contributed by atoms with E-state index in [0.717, 1.165) is 96.7 Å². The first-order valence-electron chi connectivity index (χ1n) is 11.4. The molecule has 29 heavy (non-hydrogen) atoms. The molecule has 2 aliphatic rings. The zero-order valence-corrected chi connectivity index (χ0v) is 18.1. The van der Waals surface area contributed by atoms with Crippen molar-refractivity contribution in [3.05, 3.63) is 0 Å². The van der Waals surface area contributed by atoms with Gasteiger partial charge in [0.25, 0.3) is 0 Å². The second-order valence-corrected chi connectivity index (χ2v) is 8.13. The second-order valence-electron chi connectivity index (χ2n) is 8.13. The number of guanidine groups is 1. The van der Waals surface area contributed by atoms with E-state index in [-0.39, 0.29) is 11.8 Å². The standard InChI is InChI=1S/C21H40N6O2/c1-2-23-21(25-12-8-16-27-15-5-3-4-10-19(27)28)24-11-7-14-26-13-6-9-18(17-26)20(22)29/h18H,2-17H2,1H3,(H2,22,29)(H2,23,24,25). The van der Waals surface area contributed by atoms with Crippen molar-refractivity contribution in [1.82, 2.24) is 20.4 Å². The van der Waals surface area contributed by atoms with Crippen LogP contribution in [0.5, 0.6) is 0 Å². The van der Waals surface area contributed by atoms with Crippen molar-refractivity contribution in [2.45, 2.75) is 58.3 Å². The van der Waals surface area contributed by atoms with Crippen LogP contribution in [-0.4, -0.2) is 79.9 Å². The molecule has 166 valence electrons. The van der Waals surface area contributed by atoms with Gasteiger partial charge in [-0.15, -0.1) is 0 Å². The van der Waals surface area contributed by atoms with E-state index >= 15 is 0 Å². The van der Waals surface area contributed by atoms with Gasteiger partial charge in [0.2, 0.25) is 11.8 Å². The smallest absolute Gasteiger partial charge is 0.222 e. The molecule has 2 heterocycles. The van der Waals surface area contributed by atoms with Gasteiger partial charge in [-0.25, -0.2) is 0 Å². The topological polar surface area (TPSA) is 103 Å². The zero-order valence-electron chi connectivity index (χ0n) is 18.1. The Morgan fingerprint density at radius 2 is 2.00 bits per heavy atom. The van der Waals surface area contributed by atoms with E-state index < -0.39 is 0 Å². The summed E-state index contributed by atoms with van der Waals surface area (Å²) in [4.78, 5) is 32.4. The molecule has 0 aromatic carbocycles. The van der Waals surface area contributed by atoms with E-state index in [1.54, 1.807) is 0 Å². The van der Waals surface area contributed by atoms with E-state index in [4.69, 9.17) is 5.73 Å². The van der Waals surface area contributed by atoms with Crippen LogP contribution in [0.3, 0.4) is 0 Å². The molecule has 0 radical (unpaired) electrons. The van der Waals surface area contributed by atoms with Gasteiger partial charge in [-0.3, -0.25) is 14.6 Å². The molecule has 1 unspecified atom stereocenters. The lowest BCUT2D eigenvalue weighted by molar-refractivity contribution is -0.130. The summed E-state index contributed by atoms with van der Waals surface area (Å²) in [6.45, 7) is 8.94. The Morgan fingerprint density at radius 1 is 1.14 bits per heavy atom. The second kappa shape index (κ2) is 13.4. The number of piperidine rings is 1. The number of carbonyl (C=O) groups is 2. The maximum Gasteiger partial charge on any atom is 0.222 e. The Balaban J connectivity index is 1.64. The highest BCUT2D eigenvalue weighted by Gasteiger charge is 2.23. The average Bonchev–Trinajstić information content (AvgIpc) is 2.92. The van der Waals surface area contributed by atoms with Crippen LogP contribution in [0.15, 0.2) is 4.99 Å². The summed E-state index contributed by atoms with van der Waals surface area (Å²) < 4.78 is 0. The lowest BCUT2D eigenvalue weighted by Crippen LogP contribution is -2.43. The van der Waals surface area contributed by atoms with E-state index in [1.165, 1.54) is 0 Å². The number of primary amides is 1. The molecule has 2 amide bonds. The monoisotopic (exact) mass is 408 g/mol. The number of amides is 2. The summed E-state index contributed by atoms with van der Waals surface area (Å²) in [5.74, 6) is 0.971. The van der Waals surface area contributed by atoms with Gasteiger partial charge in [0.15, 0.2) is 5.96 Å². The molecule has 0 aromatic rings. The van der Waals surface area contributed by atoms with Crippen molar-refractivity contribution in [2.24, 2.45) is 16.6 Å². The lowest BCUT2D eigenvalue weighted by atomic mass is 9.97. The molecule has 8 heteroatoms. The minimum Gasteiger partial charge on any atom is -0.369 e. The van der Waals surface area contributed by atoms with Crippen LogP contribution in [0.2, 0.25) is 0 Å². The summed E-state index contributed by atoms with van der Waals surface area (Å²) in [5, 5.41) is 6.68. The van der Waals surface area contributed by atoms with Gasteiger partial charge in [-0.2, -0.15) is 0 Å². The molecule has 0 spiro atoms. The van der Waals surface area contributed by atoms with E-state index in [2.05, 4.69) is 27.4 Å². The van der Waals surface area contributed by atoms with E-state index in [9.17, 15) is 9.59 Å². The Labute approximate surface area is 175 Å². The predicted octanol–water partition coefficient (Wildman–Crippen LogP) is 0.922. The number of aliphatic imine (C=N–C) groups is 1. The Kier molecular flexibility index (Phi) is 10.8. The summed E-state index contributed by atoms with van der Waals surface area (Å²) in [7, 11) is 0. The highest BCUT2D eigenvalue weighted by molar-refractivity contribution is 5.79. The molecule has 8 nitrogen and oxygen atoms in total. The summed E-state index contributed by atoms with van der Waals surface area (Å²) in [6, 6.07) is 0. The Hall–Kier alpha value is -1.83. The van der Waals surface area contributed by atoms with Crippen LogP contribution in [0.4, 0.5) is 0 Å². The molecule has 0 aromatic heterocycles. The van der Waals surface area contributed by atoms with Crippen LogP contribution in [-0.2, 0) is 9.59 Å². The summed E-state index contributed by atoms with van der Waals surface area (Å²) >= 11 is 0. The molecule has 2 fully saturated rings. The minimum absolute atomic E-state index is 0.00618. The van der Waals surface area contributed by atoms with Crippen molar-refractivity contribution in [2.75, 3.05) is 52.4 Å². The molecular weight excluding hydrogens is 368 g/mol. The van der Waals surface area contributed by atoms with E-state index in [1.807, 2.05) is 4.90 Å². The SMILES string of the molecule is CCNC(=NCCCN1CCCCCC1=O)NCCCN1CCCC(C(N)=O)C1. The third-order valence-electron chi connectivity index (χ3n) is 5.72. The van der Waals surface area contributed by atoms with Crippen molar-refractivity contribution < 1.29 is 9.59 Å². The van der Waals surface area contributed by atoms with E-state index in [0.29, 0.717) is 18.9 Å². The fourth-order valence-electron chi connectivity index (χ4n) is 4.07. The molecular formula is C21H40N6O2. The van der Waals surface area contributed by atoms with Crippen LogP contribution < -0.4 is 16.4 Å². The summed E-state index contributed by atoms with van der Waals surface area (Å²) in [6.07, 6.45) is 7.87. The first kappa shape index (κ1) is 23.4. The molecule has 0 saturated carbocycles. The molecule has 2 rings (SSSR count). The van der Waals surface area contributed by atoms with Crippen molar-refractivity contribution in [3.63, 3.8) is 0 Å². The Morgan fingerprint density at radius 3 is 2.79 bits per heavy atom. The van der Waals surface area contributed by atoms with Gasteiger partial charge in [-0.05, 0) is 58.5 Å². The predicted molar refractivity (Wildman–Crippen MR) is 117 cm³/mol. The number of carbonyl (C=O) groups excluding carboxylic acids is 2. The molecule has 0 bridgehead atoms. The molecule has 2 aliphatic heterocycles. The van der Waals surface area contributed by atoms with Crippen molar-refractivity contribution >= 4 is 17.8 Å². The van der Waals surface area contributed by atoms with Gasteiger partial charge in [0.1, 0.15) is 0 Å². The molecule has 4 N–H and O–H groups in total. The largest absolute Gasteiger partial charge is 0.369 e. The average molecular weight is 409 g/mol. The zero-order chi connectivity index (χ0) is 20.9. The van der Waals surface area contributed by atoms with Crippen LogP contribution >= 0.6 is 0 Å². The van der Waals surface area contributed by atoms with Gasteiger partial charge >= 0.3 is 0 Å². The normalized spacial score (nSPS) is 21.7. The van der Waals surface area contributed by atoms with Gasteiger partial charge in [0, 0.05) is 45.7 Å². The third-order valence-corrected chi connectivity index (χ3v) is 5.72. The van der Waals surface area contributed by atoms with Crippen molar-refractivity contribution in [1.29, 1.82) is 0 Å². The number of hydrogen-bond donors (Lipinski definition) is 3. The first-order valence-corrected chi connectivity index (χ1v) is 11.4. The maximum absolute atomic E-state index is 12.0. The fraction of sp³-hybridized carbons (Fsp3) is 0.857. The number of likely N-dealkylation sites (tertiary alicyclic amines) is 2. The van der Waals surface area contributed by atoms with Crippen LogP contribution in [0.25, 0.3) is 0 Å².